The third-order valence-electron chi connectivity index (χ3n) is 12.2. The summed E-state index contributed by atoms with van der Waals surface area (Å²) in [7, 11) is -3.08. The van der Waals surface area contributed by atoms with Gasteiger partial charge in [0, 0.05) is 0 Å². The number of hydrogen-bond donors (Lipinski definition) is 0. The van der Waals surface area contributed by atoms with Gasteiger partial charge in [-0.1, -0.05) is 0 Å². The first-order valence-electron chi connectivity index (χ1n) is 21.1. The van der Waals surface area contributed by atoms with Gasteiger partial charge in [0.2, 0.25) is 0 Å². The van der Waals surface area contributed by atoms with Crippen molar-refractivity contribution in [1.82, 2.24) is 0 Å². The van der Waals surface area contributed by atoms with E-state index >= 15 is 0 Å². The van der Waals surface area contributed by atoms with Crippen molar-refractivity contribution in [2.24, 2.45) is 0 Å². The third-order valence-corrected chi connectivity index (χ3v) is 17.8. The minimum Gasteiger partial charge on any atom is -1.00 e. The molecule has 0 aromatic heterocycles. The molecule has 0 N–H and O–H groups in total. The maximum atomic E-state index is 2.67. The van der Waals surface area contributed by atoms with E-state index in [9.17, 15) is 0 Å². The summed E-state index contributed by atoms with van der Waals surface area (Å²) in [6, 6.07) is 34.8. The van der Waals surface area contributed by atoms with Gasteiger partial charge >= 0.3 is 359 Å². The minimum absolute atomic E-state index is 0. The van der Waals surface area contributed by atoms with Crippen LogP contribution in [0.1, 0.15) is 170 Å². The molecule has 59 heavy (non-hydrogen) atoms. The van der Waals surface area contributed by atoms with Gasteiger partial charge in [0.05, 0.1) is 0 Å². The molecule has 0 radical (unpaired) electrons. The summed E-state index contributed by atoms with van der Waals surface area (Å²) in [4.78, 5) is 0. The first kappa shape index (κ1) is 53.3. The third kappa shape index (κ3) is 11.6. The van der Waals surface area contributed by atoms with Crippen LogP contribution in [0.15, 0.2) is 106 Å². The summed E-state index contributed by atoms with van der Waals surface area (Å²) in [6.45, 7) is 43.2. The fourth-order valence-corrected chi connectivity index (χ4v) is 14.2. The summed E-state index contributed by atoms with van der Waals surface area (Å²) < 4.78 is 1.44. The molecule has 0 fully saturated rings. The Morgan fingerprint density at radius 1 is 0.424 bits per heavy atom. The second-order valence-corrected chi connectivity index (χ2v) is 27.8. The number of hydrogen-bond acceptors (Lipinski definition) is 0. The molecule has 0 bridgehead atoms. The SMILES string of the molecule is CC(C)(C)c1cc(C(C)(C)C)cc([Si](C2=C(Cc3ccccc3)[C]([Ti+3])=CC2)(c2cc(C(C)(C)C)cc(C(C)(C)C)c2)c2cc(C(C)(C)C)cc(C(C)(C)C)c2)c1.[Cl-].[Cl-].[Cl-]. The van der Waals surface area contributed by atoms with E-state index in [1.165, 1.54) is 58.4 Å². The molecule has 0 nitrogen and oxygen atoms in total. The standard InChI is InChI=1S/C54H73Si.3ClH.Ti/c1-49(2,3)39-28-40(50(4,5)6)32-45(31-39)55(48-26-22-25-38(48)27-37-23-20-19-21-24-37,46-33-41(51(7,8)9)29-42(34-46)52(10,11)12)47-35-43(53(13,14)15)30-44(36-47)54(16,17)18;;;;/h19-24,28-36H,26-27H2,1-18H3;3*1H;/q;;;;+3/p-3. The summed E-state index contributed by atoms with van der Waals surface area (Å²) >= 11 is 2.38. The fourth-order valence-electron chi connectivity index (χ4n) is 8.15. The van der Waals surface area contributed by atoms with E-state index < -0.39 is 8.07 Å². The Labute approximate surface area is 393 Å². The Hall–Kier alpha value is -1.84. The van der Waals surface area contributed by atoms with E-state index in [-0.39, 0.29) is 69.7 Å². The van der Waals surface area contributed by atoms with Gasteiger partial charge in [0.1, 0.15) is 0 Å². The van der Waals surface area contributed by atoms with E-state index in [0.717, 1.165) is 12.8 Å². The van der Waals surface area contributed by atoms with Gasteiger partial charge in [-0.2, -0.15) is 0 Å². The van der Waals surface area contributed by atoms with Crippen LogP contribution in [0, 0.1) is 0 Å². The van der Waals surface area contributed by atoms with Crippen molar-refractivity contribution in [3.05, 3.63) is 145 Å². The van der Waals surface area contributed by atoms with Crippen LogP contribution in [0.2, 0.25) is 0 Å². The van der Waals surface area contributed by atoms with Gasteiger partial charge in [-0.3, -0.25) is 0 Å². The predicted molar refractivity (Wildman–Crippen MR) is 246 cm³/mol. The molecule has 0 aliphatic heterocycles. The van der Waals surface area contributed by atoms with Crippen LogP contribution >= 0.6 is 0 Å². The second-order valence-electron chi connectivity index (χ2n) is 23.1. The molecule has 0 spiro atoms. The van der Waals surface area contributed by atoms with Crippen LogP contribution < -0.4 is 52.8 Å². The molecule has 0 amide bonds. The molecular formula is C54H73Cl3SiTi. The minimum atomic E-state index is -3.08. The molecule has 318 valence electrons. The summed E-state index contributed by atoms with van der Waals surface area (Å²) in [5.41, 5.74) is 11.4. The second kappa shape index (κ2) is 18.5. The number of benzene rings is 4. The molecule has 0 heterocycles. The van der Waals surface area contributed by atoms with Crippen LogP contribution in [-0.2, 0) is 59.3 Å². The van der Waals surface area contributed by atoms with Crippen molar-refractivity contribution in [2.45, 2.75) is 170 Å². The topological polar surface area (TPSA) is 0 Å². The van der Waals surface area contributed by atoms with Crippen LogP contribution in [0.3, 0.4) is 0 Å². The number of allylic oxidation sites excluding steroid dienone is 4. The predicted octanol–water partition coefficient (Wildman–Crippen LogP) is 3.87. The zero-order valence-electron chi connectivity index (χ0n) is 39.7. The molecule has 1 aliphatic rings. The van der Waals surface area contributed by atoms with E-state index in [0.29, 0.717) is 0 Å². The van der Waals surface area contributed by atoms with E-state index in [1.807, 2.05) is 0 Å². The molecule has 5 heteroatoms. The molecule has 5 rings (SSSR count). The summed E-state index contributed by atoms with van der Waals surface area (Å²) in [6.07, 6.45) is 4.47. The van der Waals surface area contributed by atoms with Gasteiger partial charge in [-0.15, -0.1) is 0 Å². The van der Waals surface area contributed by atoms with Gasteiger partial charge in [0.15, 0.2) is 0 Å². The average Bonchev–Trinajstić information content (AvgIpc) is 3.42. The van der Waals surface area contributed by atoms with Crippen molar-refractivity contribution in [3.63, 3.8) is 0 Å². The van der Waals surface area contributed by atoms with Crippen LogP contribution in [0.5, 0.6) is 0 Å². The Kier molecular flexibility index (Phi) is 16.7. The molecule has 0 unspecified atom stereocenters. The smallest absolute Gasteiger partial charge is 1.00 e. The van der Waals surface area contributed by atoms with Gasteiger partial charge < -0.3 is 37.2 Å². The van der Waals surface area contributed by atoms with Crippen LogP contribution in [0.4, 0.5) is 0 Å². The van der Waals surface area contributed by atoms with Gasteiger partial charge in [-0.25, -0.2) is 0 Å². The largest absolute Gasteiger partial charge is 1.00 e. The summed E-state index contributed by atoms with van der Waals surface area (Å²) in [5, 5.41) is 6.22. The van der Waals surface area contributed by atoms with Crippen molar-refractivity contribution < 1.29 is 57.7 Å². The van der Waals surface area contributed by atoms with E-state index in [2.05, 4.69) is 236 Å². The fraction of sp³-hybridized carbons (Fsp3) is 0.481. The van der Waals surface area contributed by atoms with Gasteiger partial charge in [0.25, 0.3) is 0 Å². The zero-order valence-corrected chi connectivity index (χ0v) is 44.5. The van der Waals surface area contributed by atoms with Crippen molar-refractivity contribution >= 4 is 23.6 Å². The Morgan fingerprint density at radius 3 is 0.949 bits per heavy atom. The molecule has 4 aromatic rings. The quantitative estimate of drug-likeness (QED) is 0.204. The molecule has 0 atom stereocenters. The van der Waals surface area contributed by atoms with Crippen molar-refractivity contribution in [3.8, 4) is 0 Å². The monoisotopic (exact) mass is 902 g/mol. The average molecular weight is 904 g/mol. The van der Waals surface area contributed by atoms with Gasteiger partial charge in [-0.05, 0) is 0 Å². The maximum Gasteiger partial charge on any atom is -1.00 e. The molecule has 0 saturated carbocycles. The molecule has 1 aliphatic carbocycles. The molecule has 4 aromatic carbocycles. The molecular weight excluding hydrogens is 831 g/mol. The summed E-state index contributed by atoms with van der Waals surface area (Å²) in [5.74, 6) is 0. The van der Waals surface area contributed by atoms with Crippen molar-refractivity contribution in [2.75, 3.05) is 0 Å². The zero-order chi connectivity index (χ0) is 42.0. The Morgan fingerprint density at radius 2 is 0.695 bits per heavy atom. The normalized spacial score (nSPS) is 14.3. The number of rotatable bonds is 6. The Balaban J connectivity index is 0.00000400. The molecule has 0 saturated heterocycles. The van der Waals surface area contributed by atoms with E-state index in [1.54, 1.807) is 10.8 Å². The Bertz CT molecular complexity index is 1870. The van der Waals surface area contributed by atoms with Crippen LogP contribution in [0.25, 0.3) is 0 Å². The van der Waals surface area contributed by atoms with E-state index in [4.69, 9.17) is 0 Å². The maximum absolute atomic E-state index is 3.08. The number of halogens is 3. The van der Waals surface area contributed by atoms with Crippen molar-refractivity contribution in [1.29, 1.82) is 0 Å². The first-order chi connectivity index (χ1) is 25.4. The van der Waals surface area contributed by atoms with Crippen LogP contribution in [-0.4, -0.2) is 8.07 Å². The first-order valence-corrected chi connectivity index (χ1v) is 23.9.